The van der Waals surface area contributed by atoms with Gasteiger partial charge in [-0.3, -0.25) is 14.4 Å². The number of nitrogens with zero attached hydrogens (tertiary/aromatic N) is 3. The first kappa shape index (κ1) is 19.2. The van der Waals surface area contributed by atoms with E-state index in [-0.39, 0.29) is 22.6 Å². The molecule has 0 bridgehead atoms. The summed E-state index contributed by atoms with van der Waals surface area (Å²) in [7, 11) is 0. The number of amides is 1. The fraction of sp³-hybridized carbons (Fsp3) is 0.714. The molecule has 1 aromatic heterocycles. The summed E-state index contributed by atoms with van der Waals surface area (Å²) in [5.41, 5.74) is -0.745. The molecule has 24 heavy (non-hydrogen) atoms. The molecule has 2 heterocycles. The third-order valence-electron chi connectivity index (χ3n) is 3.77. The van der Waals surface area contributed by atoms with Crippen molar-refractivity contribution in [1.29, 1.82) is 0 Å². The molecule has 6 nitrogen and oxygen atoms in total. The molecular formula is C14H20BrF3N4O2. The molecule has 1 aromatic rings. The normalized spacial score (nSPS) is 16.4. The Kier molecular flexibility index (Phi) is 6.64. The van der Waals surface area contributed by atoms with Gasteiger partial charge in [0.15, 0.2) is 5.69 Å². The zero-order chi connectivity index (χ0) is 17.7. The monoisotopic (exact) mass is 412 g/mol. The van der Waals surface area contributed by atoms with E-state index >= 15 is 0 Å². The average Bonchev–Trinajstić information content (AvgIpc) is 2.81. The van der Waals surface area contributed by atoms with Crippen molar-refractivity contribution in [2.75, 3.05) is 39.4 Å². The van der Waals surface area contributed by atoms with Crippen LogP contribution in [0, 0.1) is 6.92 Å². The quantitative estimate of drug-likeness (QED) is 0.723. The molecule has 0 atom stereocenters. The van der Waals surface area contributed by atoms with Gasteiger partial charge in [0.2, 0.25) is 5.91 Å². The van der Waals surface area contributed by atoms with Gasteiger partial charge in [-0.05, 0) is 35.8 Å². The Labute approximate surface area is 146 Å². The first-order valence-electron chi connectivity index (χ1n) is 7.66. The van der Waals surface area contributed by atoms with Crippen molar-refractivity contribution in [3.63, 3.8) is 0 Å². The van der Waals surface area contributed by atoms with E-state index in [0.29, 0.717) is 6.54 Å². The fourth-order valence-corrected chi connectivity index (χ4v) is 2.92. The zero-order valence-electron chi connectivity index (χ0n) is 13.3. The summed E-state index contributed by atoms with van der Waals surface area (Å²) in [6.45, 7) is 5.79. The predicted molar refractivity (Wildman–Crippen MR) is 84.6 cm³/mol. The van der Waals surface area contributed by atoms with Gasteiger partial charge in [0.1, 0.15) is 6.54 Å². The summed E-state index contributed by atoms with van der Waals surface area (Å²) >= 11 is 2.88. The standard InChI is InChI=1S/C14H20BrF3N4O2/c1-10-12(15)13(14(16,17)18)20-22(10)9-11(23)19-3-2-4-21-5-7-24-8-6-21/h2-9H2,1H3,(H,19,23). The van der Waals surface area contributed by atoms with Gasteiger partial charge in [-0.1, -0.05) is 0 Å². The van der Waals surface area contributed by atoms with Crippen LogP contribution in [0.4, 0.5) is 13.2 Å². The summed E-state index contributed by atoms with van der Waals surface area (Å²) in [6, 6.07) is 0. The Bertz CT molecular complexity index is 571. The molecule has 10 heteroatoms. The van der Waals surface area contributed by atoms with E-state index in [1.54, 1.807) is 0 Å². The van der Waals surface area contributed by atoms with Gasteiger partial charge >= 0.3 is 6.18 Å². The van der Waals surface area contributed by atoms with Gasteiger partial charge in [0.25, 0.3) is 0 Å². The first-order valence-corrected chi connectivity index (χ1v) is 8.45. The second-order valence-electron chi connectivity index (χ2n) is 5.56. The van der Waals surface area contributed by atoms with E-state index in [1.165, 1.54) is 6.92 Å². The number of morpholine rings is 1. The van der Waals surface area contributed by atoms with Gasteiger partial charge < -0.3 is 10.1 Å². The Morgan fingerprint density at radius 1 is 1.38 bits per heavy atom. The van der Waals surface area contributed by atoms with E-state index in [9.17, 15) is 18.0 Å². The second kappa shape index (κ2) is 8.30. The van der Waals surface area contributed by atoms with E-state index in [2.05, 4.69) is 31.2 Å². The van der Waals surface area contributed by atoms with E-state index < -0.39 is 11.9 Å². The molecule has 1 amide bonds. The van der Waals surface area contributed by atoms with Crippen molar-refractivity contribution < 1.29 is 22.7 Å². The third kappa shape index (κ3) is 5.18. The van der Waals surface area contributed by atoms with E-state index in [4.69, 9.17) is 4.74 Å². The molecule has 0 aliphatic carbocycles. The minimum absolute atomic E-state index is 0.130. The van der Waals surface area contributed by atoms with Crippen LogP contribution in [0.1, 0.15) is 17.8 Å². The summed E-state index contributed by atoms with van der Waals surface area (Å²) in [5.74, 6) is -0.358. The highest BCUT2D eigenvalue weighted by Gasteiger charge is 2.38. The lowest BCUT2D eigenvalue weighted by Gasteiger charge is -2.26. The summed E-state index contributed by atoms with van der Waals surface area (Å²) in [5, 5.41) is 6.20. The molecule has 0 unspecified atom stereocenters. The topological polar surface area (TPSA) is 59.4 Å². The van der Waals surface area contributed by atoms with Crippen LogP contribution >= 0.6 is 15.9 Å². The number of carbonyl (C=O) groups excluding carboxylic acids is 1. The highest BCUT2D eigenvalue weighted by molar-refractivity contribution is 9.10. The van der Waals surface area contributed by atoms with Crippen LogP contribution < -0.4 is 5.32 Å². The number of alkyl halides is 3. The van der Waals surface area contributed by atoms with Crippen molar-refractivity contribution in [2.45, 2.75) is 26.1 Å². The molecule has 0 saturated carbocycles. The van der Waals surface area contributed by atoms with Crippen LogP contribution in [-0.2, 0) is 22.3 Å². The van der Waals surface area contributed by atoms with Crippen LogP contribution in [0.25, 0.3) is 0 Å². The highest BCUT2D eigenvalue weighted by Crippen LogP contribution is 2.35. The molecule has 0 radical (unpaired) electrons. The minimum atomic E-state index is -4.55. The van der Waals surface area contributed by atoms with Crippen molar-refractivity contribution in [2.24, 2.45) is 0 Å². The first-order chi connectivity index (χ1) is 11.3. The number of rotatable bonds is 6. The lowest BCUT2D eigenvalue weighted by atomic mass is 10.3. The number of ether oxygens (including phenoxy) is 1. The maximum Gasteiger partial charge on any atom is 0.436 e. The number of aromatic nitrogens is 2. The van der Waals surface area contributed by atoms with Crippen LogP contribution in [0.5, 0.6) is 0 Å². The SMILES string of the molecule is Cc1c(Br)c(C(F)(F)F)nn1CC(=O)NCCCN1CCOCC1. The molecule has 0 aromatic carbocycles. The smallest absolute Gasteiger partial charge is 0.379 e. The van der Waals surface area contributed by atoms with Gasteiger partial charge in [-0.2, -0.15) is 18.3 Å². The van der Waals surface area contributed by atoms with Gasteiger partial charge in [-0.25, -0.2) is 0 Å². The Hall–Kier alpha value is -1.13. The minimum Gasteiger partial charge on any atom is -0.379 e. The van der Waals surface area contributed by atoms with Gasteiger partial charge in [0, 0.05) is 19.6 Å². The van der Waals surface area contributed by atoms with Crippen LogP contribution in [-0.4, -0.2) is 60.0 Å². The maximum absolute atomic E-state index is 12.8. The molecule has 1 aliphatic rings. The molecule has 1 saturated heterocycles. The van der Waals surface area contributed by atoms with Crippen LogP contribution in [0.3, 0.4) is 0 Å². The molecular weight excluding hydrogens is 393 g/mol. The van der Waals surface area contributed by atoms with Gasteiger partial charge in [-0.15, -0.1) is 0 Å². The lowest BCUT2D eigenvalue weighted by molar-refractivity contribution is -0.142. The van der Waals surface area contributed by atoms with Crippen molar-refractivity contribution >= 4 is 21.8 Å². The number of nitrogens with one attached hydrogen (secondary N) is 1. The Morgan fingerprint density at radius 2 is 2.04 bits per heavy atom. The van der Waals surface area contributed by atoms with E-state index in [0.717, 1.165) is 44.0 Å². The predicted octanol–water partition coefficient (Wildman–Crippen LogP) is 1.81. The van der Waals surface area contributed by atoms with Gasteiger partial charge in [0.05, 0.1) is 23.4 Å². The maximum atomic E-state index is 12.8. The van der Waals surface area contributed by atoms with Crippen molar-refractivity contribution in [3.8, 4) is 0 Å². The number of hydrogen-bond donors (Lipinski definition) is 1. The van der Waals surface area contributed by atoms with Crippen LogP contribution in [0.2, 0.25) is 0 Å². The van der Waals surface area contributed by atoms with E-state index in [1.807, 2.05) is 0 Å². The summed E-state index contributed by atoms with van der Waals surface area (Å²) in [6.07, 6.45) is -3.77. The number of hydrogen-bond acceptors (Lipinski definition) is 4. The summed E-state index contributed by atoms with van der Waals surface area (Å²) < 4.78 is 44.5. The number of carbonyl (C=O) groups is 1. The molecule has 1 aliphatic heterocycles. The molecule has 1 fully saturated rings. The zero-order valence-corrected chi connectivity index (χ0v) is 14.9. The second-order valence-corrected chi connectivity index (χ2v) is 6.35. The third-order valence-corrected chi connectivity index (χ3v) is 4.72. The fourth-order valence-electron chi connectivity index (χ4n) is 2.41. The molecule has 1 N–H and O–H groups in total. The largest absolute Gasteiger partial charge is 0.436 e. The van der Waals surface area contributed by atoms with Crippen molar-refractivity contribution in [3.05, 3.63) is 15.9 Å². The average molecular weight is 413 g/mol. The lowest BCUT2D eigenvalue weighted by Crippen LogP contribution is -2.38. The highest BCUT2D eigenvalue weighted by atomic mass is 79.9. The Balaban J connectivity index is 1.78. The molecule has 2 rings (SSSR count). The molecule has 136 valence electrons. The number of halogens is 4. The Morgan fingerprint density at radius 3 is 2.62 bits per heavy atom. The summed E-state index contributed by atoms with van der Waals surface area (Å²) in [4.78, 5) is 14.1. The van der Waals surface area contributed by atoms with Crippen LogP contribution in [0.15, 0.2) is 4.47 Å². The van der Waals surface area contributed by atoms with Crippen molar-refractivity contribution in [1.82, 2.24) is 20.0 Å². The molecule has 0 spiro atoms.